The van der Waals surface area contributed by atoms with Crippen molar-refractivity contribution in [3.8, 4) is 11.8 Å². The number of halogens is 3. The van der Waals surface area contributed by atoms with Crippen LogP contribution in [0.5, 0.6) is 0 Å². The van der Waals surface area contributed by atoms with Gasteiger partial charge in [0.2, 0.25) is 0 Å². The third kappa shape index (κ3) is 6.70. The lowest BCUT2D eigenvalue weighted by Crippen LogP contribution is -2.43. The first-order valence-electron chi connectivity index (χ1n) is 13.8. The summed E-state index contributed by atoms with van der Waals surface area (Å²) >= 11 is 0. The highest BCUT2D eigenvalue weighted by atomic mass is 19.4. The Morgan fingerprint density at radius 1 is 1.05 bits per heavy atom. The molecule has 4 aromatic rings. The second kappa shape index (κ2) is 12.6. The molecule has 0 unspecified atom stereocenters. The largest absolute Gasteiger partial charge is 0.416 e. The highest BCUT2D eigenvalue weighted by Crippen LogP contribution is 2.33. The average molecular weight is 577 g/mol. The standard InChI is InChI=1S/C30H31F3N8O/c1-3-40(4-2)28-10-9-27-36-19-24(41(27)38-28)8-5-21-11-12-35-26(17-21)37-29(42)22-6-7-23(25(18-22)30(31,32)33)20-39-15-13-34-14-16-39/h6-7,9-12,17-19,34H,3-4,13-16,20H2,1-2H3,(H,35,37,42). The number of carbonyl (C=O) groups excluding carboxylic acids is 1. The first-order chi connectivity index (χ1) is 20.2. The number of hydrogen-bond acceptors (Lipinski definition) is 7. The molecule has 5 rings (SSSR count). The lowest BCUT2D eigenvalue weighted by Gasteiger charge is -2.28. The smallest absolute Gasteiger partial charge is 0.356 e. The van der Waals surface area contributed by atoms with Gasteiger partial charge in [-0.2, -0.15) is 13.2 Å². The average Bonchev–Trinajstić information content (AvgIpc) is 3.39. The van der Waals surface area contributed by atoms with Crippen LogP contribution in [0.15, 0.2) is 54.9 Å². The first kappa shape index (κ1) is 29.0. The van der Waals surface area contributed by atoms with Crippen LogP contribution >= 0.6 is 0 Å². The third-order valence-corrected chi connectivity index (χ3v) is 7.05. The molecule has 0 bridgehead atoms. The van der Waals surface area contributed by atoms with Gasteiger partial charge in [-0.15, -0.1) is 5.10 Å². The number of nitrogens with zero attached hydrogens (tertiary/aromatic N) is 6. The van der Waals surface area contributed by atoms with E-state index >= 15 is 0 Å². The van der Waals surface area contributed by atoms with Gasteiger partial charge in [-0.1, -0.05) is 12.0 Å². The van der Waals surface area contributed by atoms with Crippen LogP contribution in [0.3, 0.4) is 0 Å². The van der Waals surface area contributed by atoms with E-state index in [1.165, 1.54) is 18.3 Å². The van der Waals surface area contributed by atoms with E-state index in [1.54, 1.807) is 22.8 Å². The minimum atomic E-state index is -4.59. The zero-order valence-corrected chi connectivity index (χ0v) is 23.4. The maximum atomic E-state index is 13.9. The lowest BCUT2D eigenvalue weighted by molar-refractivity contribution is -0.138. The Bertz CT molecular complexity index is 1630. The number of anilines is 2. The summed E-state index contributed by atoms with van der Waals surface area (Å²) in [5.41, 5.74) is 1.02. The van der Waals surface area contributed by atoms with Crippen molar-refractivity contribution in [2.24, 2.45) is 0 Å². The molecular formula is C30H31F3N8O. The number of piperazine rings is 1. The van der Waals surface area contributed by atoms with Gasteiger partial charge in [-0.3, -0.25) is 9.69 Å². The number of pyridine rings is 1. The second-order valence-corrected chi connectivity index (χ2v) is 9.81. The summed E-state index contributed by atoms with van der Waals surface area (Å²) in [6.45, 7) is 8.69. The number of nitrogens with one attached hydrogen (secondary N) is 2. The number of hydrogen-bond donors (Lipinski definition) is 2. The van der Waals surface area contributed by atoms with E-state index in [0.717, 1.165) is 38.1 Å². The number of aromatic nitrogens is 4. The fraction of sp³-hybridized carbons (Fsp3) is 0.333. The van der Waals surface area contributed by atoms with Gasteiger partial charge >= 0.3 is 6.18 Å². The molecule has 1 aliphatic heterocycles. The van der Waals surface area contributed by atoms with Gasteiger partial charge in [0.15, 0.2) is 5.65 Å². The van der Waals surface area contributed by atoms with Crippen LogP contribution in [-0.4, -0.2) is 69.7 Å². The molecule has 0 radical (unpaired) electrons. The van der Waals surface area contributed by atoms with Crippen molar-refractivity contribution in [1.82, 2.24) is 29.8 Å². The lowest BCUT2D eigenvalue weighted by atomic mass is 10.0. The zero-order valence-electron chi connectivity index (χ0n) is 23.4. The summed E-state index contributed by atoms with van der Waals surface area (Å²) in [6.07, 6.45) is -1.48. The summed E-state index contributed by atoms with van der Waals surface area (Å²) in [5.74, 6) is 6.38. The predicted molar refractivity (Wildman–Crippen MR) is 154 cm³/mol. The van der Waals surface area contributed by atoms with Crippen LogP contribution in [0, 0.1) is 11.8 Å². The topological polar surface area (TPSA) is 90.7 Å². The molecule has 0 saturated carbocycles. The predicted octanol–water partition coefficient (Wildman–Crippen LogP) is 4.05. The molecule has 218 valence electrons. The molecule has 0 aliphatic carbocycles. The summed E-state index contributed by atoms with van der Waals surface area (Å²) in [7, 11) is 0. The molecule has 4 heterocycles. The van der Waals surface area contributed by atoms with Crippen LogP contribution < -0.4 is 15.5 Å². The first-order valence-corrected chi connectivity index (χ1v) is 13.8. The molecule has 2 N–H and O–H groups in total. The molecule has 0 spiro atoms. The summed E-state index contributed by atoms with van der Waals surface area (Å²) in [5, 5.41) is 10.4. The Kier molecular flexibility index (Phi) is 8.70. The Labute approximate surface area is 241 Å². The van der Waals surface area contributed by atoms with Crippen LogP contribution in [0.25, 0.3) is 5.65 Å². The van der Waals surface area contributed by atoms with Crippen molar-refractivity contribution >= 4 is 23.2 Å². The maximum absolute atomic E-state index is 13.9. The number of benzene rings is 1. The number of rotatable bonds is 7. The summed E-state index contributed by atoms with van der Waals surface area (Å²) in [6, 6.07) is 10.7. The quantitative estimate of drug-likeness (QED) is 0.321. The van der Waals surface area contributed by atoms with Crippen LogP contribution in [0.2, 0.25) is 0 Å². The molecule has 42 heavy (non-hydrogen) atoms. The van der Waals surface area contributed by atoms with E-state index in [1.807, 2.05) is 17.0 Å². The highest BCUT2D eigenvalue weighted by molar-refractivity contribution is 6.04. The van der Waals surface area contributed by atoms with E-state index in [-0.39, 0.29) is 23.5 Å². The van der Waals surface area contributed by atoms with Crippen molar-refractivity contribution in [2.75, 3.05) is 49.5 Å². The number of fused-ring (bicyclic) bond motifs is 1. The fourth-order valence-corrected chi connectivity index (χ4v) is 4.80. The van der Waals surface area contributed by atoms with Crippen molar-refractivity contribution in [2.45, 2.75) is 26.6 Å². The van der Waals surface area contributed by atoms with Crippen LogP contribution in [0.1, 0.15) is 46.6 Å². The van der Waals surface area contributed by atoms with E-state index in [4.69, 9.17) is 0 Å². The minimum absolute atomic E-state index is 0.106. The SMILES string of the molecule is CCN(CC)c1ccc2ncc(C#Cc3ccnc(NC(=O)c4ccc(CN5CCNCC5)c(C(F)(F)F)c4)c3)n2n1. The Balaban J connectivity index is 1.33. The molecular weight excluding hydrogens is 545 g/mol. The molecule has 0 atom stereocenters. The Morgan fingerprint density at radius 3 is 2.57 bits per heavy atom. The van der Waals surface area contributed by atoms with Crippen molar-refractivity contribution < 1.29 is 18.0 Å². The summed E-state index contributed by atoms with van der Waals surface area (Å²) in [4.78, 5) is 25.5. The van der Waals surface area contributed by atoms with E-state index in [0.29, 0.717) is 30.0 Å². The van der Waals surface area contributed by atoms with Gasteiger partial charge in [0.1, 0.15) is 17.3 Å². The second-order valence-electron chi connectivity index (χ2n) is 9.81. The van der Waals surface area contributed by atoms with Crippen molar-refractivity contribution in [3.63, 3.8) is 0 Å². The number of alkyl halides is 3. The van der Waals surface area contributed by atoms with Crippen molar-refractivity contribution in [3.05, 3.63) is 82.8 Å². The minimum Gasteiger partial charge on any atom is -0.356 e. The molecule has 1 fully saturated rings. The molecule has 9 nitrogen and oxygen atoms in total. The number of imidazole rings is 1. The van der Waals surface area contributed by atoms with Crippen LogP contribution in [0.4, 0.5) is 24.8 Å². The van der Waals surface area contributed by atoms with Gasteiger partial charge in [-0.05, 0) is 61.7 Å². The van der Waals surface area contributed by atoms with Gasteiger partial charge < -0.3 is 15.5 Å². The molecule has 1 aliphatic rings. The molecule has 1 saturated heterocycles. The van der Waals surface area contributed by atoms with Gasteiger partial charge in [0.25, 0.3) is 5.91 Å². The van der Waals surface area contributed by atoms with Crippen LogP contribution in [-0.2, 0) is 12.7 Å². The third-order valence-electron chi connectivity index (χ3n) is 7.05. The van der Waals surface area contributed by atoms with Crippen molar-refractivity contribution in [1.29, 1.82) is 0 Å². The fourth-order valence-electron chi connectivity index (χ4n) is 4.80. The molecule has 1 aromatic carbocycles. The monoisotopic (exact) mass is 576 g/mol. The molecule has 3 aromatic heterocycles. The molecule has 12 heteroatoms. The van der Waals surface area contributed by atoms with Gasteiger partial charge in [-0.25, -0.2) is 14.5 Å². The highest BCUT2D eigenvalue weighted by Gasteiger charge is 2.34. The Morgan fingerprint density at radius 2 is 1.83 bits per heavy atom. The number of amides is 1. The zero-order chi connectivity index (χ0) is 29.7. The van der Waals surface area contributed by atoms with E-state index < -0.39 is 17.6 Å². The maximum Gasteiger partial charge on any atom is 0.416 e. The Hall–Kier alpha value is -4.47. The van der Waals surface area contributed by atoms with E-state index in [9.17, 15) is 18.0 Å². The van der Waals surface area contributed by atoms with E-state index in [2.05, 4.69) is 56.3 Å². The van der Waals surface area contributed by atoms with Gasteiger partial charge in [0.05, 0.1) is 11.8 Å². The molecule has 1 amide bonds. The normalized spacial score (nSPS) is 13.9. The number of carbonyl (C=O) groups is 1. The summed E-state index contributed by atoms with van der Waals surface area (Å²) < 4.78 is 43.4. The van der Waals surface area contributed by atoms with Gasteiger partial charge in [0, 0.05) is 63.1 Å².